The van der Waals surface area contributed by atoms with E-state index in [-0.39, 0.29) is 32.6 Å². The quantitative estimate of drug-likeness (QED) is 0.114. The highest BCUT2D eigenvalue weighted by molar-refractivity contribution is 7.47. The first-order valence-corrected chi connectivity index (χ1v) is 14.0. The van der Waals surface area contributed by atoms with E-state index < -0.39 is 32.5 Å². The van der Waals surface area contributed by atoms with Crippen LogP contribution in [0, 0.1) is 0 Å². The first-order chi connectivity index (χ1) is 15.8. The molecule has 0 aromatic rings. The lowest BCUT2D eigenvalue weighted by Gasteiger charge is -2.19. The molecule has 0 fully saturated rings. The van der Waals surface area contributed by atoms with Gasteiger partial charge in [0.25, 0.3) is 0 Å². The Bertz CT molecular complexity index is 547. The van der Waals surface area contributed by atoms with E-state index in [1.165, 1.54) is 38.5 Å². The molecule has 3 N–H and O–H groups in total. The van der Waals surface area contributed by atoms with Crippen LogP contribution in [0.1, 0.15) is 104 Å². The monoisotopic (exact) mass is 495 g/mol. The Morgan fingerprint density at radius 3 is 1.91 bits per heavy atom. The number of hydrogen-bond donors (Lipinski definition) is 2. The van der Waals surface area contributed by atoms with Crippen LogP contribution in [0.15, 0.2) is 0 Å². The van der Waals surface area contributed by atoms with E-state index in [2.05, 4.69) is 11.4 Å². The number of unbranched alkanes of at least 4 members (excludes halogenated alkanes) is 10. The first kappa shape index (κ1) is 32.0. The SMILES string of the molecule is CCCCCCCCCCCC(=O)OC[C@H](COP(=O)(O)OCCN)OC(=O)CCCCC. The first-order valence-electron chi connectivity index (χ1n) is 12.5. The van der Waals surface area contributed by atoms with Crippen LogP contribution in [-0.2, 0) is 32.7 Å². The molecule has 0 rings (SSSR count). The van der Waals surface area contributed by atoms with Crippen LogP contribution in [0.3, 0.4) is 0 Å². The molecule has 0 bridgehead atoms. The molecular weight excluding hydrogens is 449 g/mol. The zero-order valence-corrected chi connectivity index (χ0v) is 21.5. The molecule has 10 heteroatoms. The van der Waals surface area contributed by atoms with Crippen LogP contribution in [0.4, 0.5) is 0 Å². The number of ether oxygens (including phenoxy) is 2. The third-order valence-corrected chi connectivity index (χ3v) is 5.98. The van der Waals surface area contributed by atoms with Gasteiger partial charge in [-0.2, -0.15) is 0 Å². The van der Waals surface area contributed by atoms with E-state index in [0.29, 0.717) is 6.42 Å². The summed E-state index contributed by atoms with van der Waals surface area (Å²) in [5.41, 5.74) is 5.25. The Morgan fingerprint density at radius 1 is 0.788 bits per heavy atom. The predicted molar refractivity (Wildman–Crippen MR) is 128 cm³/mol. The normalized spacial score (nSPS) is 13.9. The maximum absolute atomic E-state index is 12.0. The molecule has 0 saturated carbocycles. The van der Waals surface area contributed by atoms with E-state index in [0.717, 1.165) is 32.1 Å². The van der Waals surface area contributed by atoms with Crippen LogP contribution < -0.4 is 5.73 Å². The van der Waals surface area contributed by atoms with Crippen LogP contribution in [0.25, 0.3) is 0 Å². The van der Waals surface area contributed by atoms with Crippen molar-refractivity contribution in [1.82, 2.24) is 0 Å². The number of rotatable bonds is 23. The van der Waals surface area contributed by atoms with Gasteiger partial charge in [0.05, 0.1) is 13.2 Å². The summed E-state index contributed by atoms with van der Waals surface area (Å²) in [6, 6.07) is 0. The van der Waals surface area contributed by atoms with E-state index in [4.69, 9.17) is 19.7 Å². The van der Waals surface area contributed by atoms with Gasteiger partial charge in [0.1, 0.15) is 6.61 Å². The van der Waals surface area contributed by atoms with Crippen LogP contribution in [0.2, 0.25) is 0 Å². The average Bonchev–Trinajstić information content (AvgIpc) is 2.78. The molecule has 0 aromatic heterocycles. The number of esters is 2. The lowest BCUT2D eigenvalue weighted by Crippen LogP contribution is -2.29. The molecule has 0 heterocycles. The lowest BCUT2D eigenvalue weighted by atomic mass is 10.1. The van der Waals surface area contributed by atoms with Gasteiger partial charge in [0.15, 0.2) is 6.10 Å². The third kappa shape index (κ3) is 21.3. The van der Waals surface area contributed by atoms with Crippen molar-refractivity contribution in [2.45, 2.75) is 110 Å². The van der Waals surface area contributed by atoms with Gasteiger partial charge < -0.3 is 20.1 Å². The molecule has 0 saturated heterocycles. The third-order valence-electron chi connectivity index (χ3n) is 4.99. The topological polar surface area (TPSA) is 134 Å². The van der Waals surface area contributed by atoms with Gasteiger partial charge in [0.2, 0.25) is 0 Å². The number of phosphoric acid groups is 1. The van der Waals surface area contributed by atoms with E-state index in [1.54, 1.807) is 0 Å². The fourth-order valence-electron chi connectivity index (χ4n) is 3.10. The molecule has 2 atom stereocenters. The maximum Gasteiger partial charge on any atom is 0.472 e. The van der Waals surface area contributed by atoms with Gasteiger partial charge >= 0.3 is 19.8 Å². The zero-order valence-electron chi connectivity index (χ0n) is 20.6. The summed E-state index contributed by atoms with van der Waals surface area (Å²) in [5, 5.41) is 0. The molecule has 9 nitrogen and oxygen atoms in total. The lowest BCUT2D eigenvalue weighted by molar-refractivity contribution is -0.161. The van der Waals surface area contributed by atoms with Gasteiger partial charge in [-0.3, -0.25) is 18.6 Å². The van der Waals surface area contributed by atoms with Gasteiger partial charge in [-0.15, -0.1) is 0 Å². The highest BCUT2D eigenvalue weighted by atomic mass is 31.2. The molecular formula is C23H46NO8P. The molecule has 196 valence electrons. The summed E-state index contributed by atoms with van der Waals surface area (Å²) in [7, 11) is -4.33. The average molecular weight is 496 g/mol. The second-order valence-corrected chi connectivity index (χ2v) is 9.67. The van der Waals surface area contributed by atoms with Crippen molar-refractivity contribution in [3.63, 3.8) is 0 Å². The summed E-state index contributed by atoms with van der Waals surface area (Å²) in [4.78, 5) is 33.7. The minimum absolute atomic E-state index is 0.0558. The van der Waals surface area contributed by atoms with Crippen molar-refractivity contribution in [1.29, 1.82) is 0 Å². The molecule has 0 aliphatic rings. The van der Waals surface area contributed by atoms with E-state index in [9.17, 15) is 19.0 Å². The van der Waals surface area contributed by atoms with Crippen molar-refractivity contribution in [2.75, 3.05) is 26.4 Å². The van der Waals surface area contributed by atoms with Gasteiger partial charge in [-0.1, -0.05) is 78.1 Å². The summed E-state index contributed by atoms with van der Waals surface area (Å²) in [6.07, 6.45) is 12.4. The van der Waals surface area contributed by atoms with Gasteiger partial charge in [-0.25, -0.2) is 4.57 Å². The Labute approximate surface area is 199 Å². The fourth-order valence-corrected chi connectivity index (χ4v) is 3.87. The number of hydrogen-bond acceptors (Lipinski definition) is 8. The highest BCUT2D eigenvalue weighted by Gasteiger charge is 2.25. The largest absolute Gasteiger partial charge is 0.472 e. The number of carbonyl (C=O) groups is 2. The predicted octanol–water partition coefficient (Wildman–Crippen LogP) is 5.03. The standard InChI is InChI=1S/C23H46NO8P/c1-3-5-7-8-9-10-11-12-14-15-22(25)29-19-21(32-23(26)16-13-6-4-2)20-31-33(27,28)30-18-17-24/h21H,3-20,24H2,1-2H3,(H,27,28)/t21-/m1/s1. The van der Waals surface area contributed by atoms with Crippen molar-refractivity contribution in [3.05, 3.63) is 0 Å². The zero-order chi connectivity index (χ0) is 24.8. The summed E-state index contributed by atoms with van der Waals surface area (Å²) in [5.74, 6) is -0.862. The Balaban J connectivity index is 4.30. The van der Waals surface area contributed by atoms with Crippen molar-refractivity contribution in [2.24, 2.45) is 5.73 Å². The number of carbonyl (C=O) groups excluding carboxylic acids is 2. The van der Waals surface area contributed by atoms with Crippen molar-refractivity contribution >= 4 is 19.8 Å². The maximum atomic E-state index is 12.0. The Hall–Kier alpha value is -0.990. The highest BCUT2D eigenvalue weighted by Crippen LogP contribution is 2.43. The van der Waals surface area contributed by atoms with Gasteiger partial charge in [0, 0.05) is 19.4 Å². The van der Waals surface area contributed by atoms with Crippen LogP contribution in [0.5, 0.6) is 0 Å². The molecule has 0 radical (unpaired) electrons. The number of nitrogens with two attached hydrogens (primary N) is 1. The second-order valence-electron chi connectivity index (χ2n) is 8.22. The van der Waals surface area contributed by atoms with Crippen molar-refractivity contribution < 1.29 is 37.6 Å². The fraction of sp³-hybridized carbons (Fsp3) is 0.913. The minimum atomic E-state index is -4.33. The van der Waals surface area contributed by atoms with Gasteiger partial charge in [-0.05, 0) is 12.8 Å². The van der Waals surface area contributed by atoms with Crippen LogP contribution >= 0.6 is 7.82 Å². The second kappa shape index (κ2) is 21.5. The van der Waals surface area contributed by atoms with Crippen molar-refractivity contribution in [3.8, 4) is 0 Å². The molecule has 0 amide bonds. The van der Waals surface area contributed by atoms with Crippen LogP contribution in [-0.4, -0.2) is 49.3 Å². The summed E-state index contributed by atoms with van der Waals surface area (Å²) in [6.45, 7) is 3.46. The smallest absolute Gasteiger partial charge is 0.462 e. The van der Waals surface area contributed by atoms with E-state index in [1.807, 2.05) is 6.92 Å². The summed E-state index contributed by atoms with van der Waals surface area (Å²) >= 11 is 0. The molecule has 0 aliphatic carbocycles. The Kier molecular flexibility index (Phi) is 20.9. The molecule has 0 aromatic carbocycles. The Morgan fingerprint density at radius 2 is 1.30 bits per heavy atom. The number of phosphoric ester groups is 1. The van der Waals surface area contributed by atoms with E-state index >= 15 is 0 Å². The minimum Gasteiger partial charge on any atom is -0.462 e. The molecule has 33 heavy (non-hydrogen) atoms. The summed E-state index contributed by atoms with van der Waals surface area (Å²) < 4.78 is 31.9. The molecule has 1 unspecified atom stereocenters. The molecule has 0 aliphatic heterocycles. The molecule has 0 spiro atoms.